The predicted octanol–water partition coefficient (Wildman–Crippen LogP) is 0.855. The van der Waals surface area contributed by atoms with Crippen LogP contribution in [0.15, 0.2) is 24.3 Å². The molecule has 0 fully saturated rings. The van der Waals surface area contributed by atoms with Crippen molar-refractivity contribution in [3.05, 3.63) is 35.4 Å². The van der Waals surface area contributed by atoms with Crippen molar-refractivity contribution in [1.29, 1.82) is 0 Å². The molecule has 0 saturated heterocycles. The van der Waals surface area contributed by atoms with E-state index < -0.39 is 5.97 Å². The Morgan fingerprint density at radius 3 is 2.47 bits per heavy atom. The molecule has 4 nitrogen and oxygen atoms in total. The molecule has 15 heavy (non-hydrogen) atoms. The third-order valence-corrected chi connectivity index (χ3v) is 2.13. The van der Waals surface area contributed by atoms with E-state index >= 15 is 0 Å². The number of hydrogen-bond donors (Lipinski definition) is 3. The molecule has 0 spiro atoms. The molecule has 82 valence electrons. The van der Waals surface area contributed by atoms with Gasteiger partial charge in [0, 0.05) is 12.6 Å². The standard InChI is InChI=1S/C11H15NO3/c1-8(7-13)12-6-9-2-4-10(5-3-9)11(14)15/h2-5,8,12-13H,6-7H2,1H3,(H,14,15). The van der Waals surface area contributed by atoms with E-state index in [1.165, 1.54) is 0 Å². The molecular formula is C11H15NO3. The van der Waals surface area contributed by atoms with Crippen LogP contribution in [-0.2, 0) is 6.54 Å². The molecule has 0 aliphatic carbocycles. The Balaban J connectivity index is 2.53. The van der Waals surface area contributed by atoms with Crippen molar-refractivity contribution in [2.45, 2.75) is 19.5 Å². The van der Waals surface area contributed by atoms with Crippen LogP contribution >= 0.6 is 0 Å². The van der Waals surface area contributed by atoms with Crippen molar-refractivity contribution < 1.29 is 15.0 Å². The minimum absolute atomic E-state index is 0.0455. The van der Waals surface area contributed by atoms with E-state index in [4.69, 9.17) is 10.2 Å². The zero-order valence-corrected chi connectivity index (χ0v) is 8.60. The zero-order chi connectivity index (χ0) is 11.3. The summed E-state index contributed by atoms with van der Waals surface area (Å²) >= 11 is 0. The minimum atomic E-state index is -0.918. The van der Waals surface area contributed by atoms with Gasteiger partial charge in [-0.2, -0.15) is 0 Å². The van der Waals surface area contributed by atoms with Crippen molar-refractivity contribution >= 4 is 5.97 Å². The summed E-state index contributed by atoms with van der Waals surface area (Å²) in [7, 11) is 0. The Labute approximate surface area is 88.6 Å². The van der Waals surface area contributed by atoms with E-state index in [1.807, 2.05) is 6.92 Å². The molecule has 0 aliphatic heterocycles. The maximum atomic E-state index is 10.6. The second-order valence-electron chi connectivity index (χ2n) is 3.47. The second kappa shape index (κ2) is 5.48. The van der Waals surface area contributed by atoms with Crippen LogP contribution in [0.2, 0.25) is 0 Å². The van der Waals surface area contributed by atoms with Gasteiger partial charge >= 0.3 is 5.97 Å². The molecule has 0 bridgehead atoms. The van der Waals surface area contributed by atoms with Gasteiger partial charge in [-0.1, -0.05) is 12.1 Å². The Kier molecular flexibility index (Phi) is 4.27. The van der Waals surface area contributed by atoms with Gasteiger partial charge in [-0.25, -0.2) is 4.79 Å². The lowest BCUT2D eigenvalue weighted by molar-refractivity contribution is 0.0697. The smallest absolute Gasteiger partial charge is 0.335 e. The number of hydrogen-bond acceptors (Lipinski definition) is 3. The van der Waals surface area contributed by atoms with Crippen LogP contribution in [0.1, 0.15) is 22.8 Å². The molecule has 0 saturated carbocycles. The number of aromatic carboxylic acids is 1. The lowest BCUT2D eigenvalue weighted by Crippen LogP contribution is -2.28. The number of rotatable bonds is 5. The number of carboxylic acid groups (broad SMARTS) is 1. The lowest BCUT2D eigenvalue weighted by atomic mass is 10.1. The average molecular weight is 209 g/mol. The van der Waals surface area contributed by atoms with Crippen molar-refractivity contribution in [3.63, 3.8) is 0 Å². The van der Waals surface area contributed by atoms with Gasteiger partial charge < -0.3 is 15.5 Å². The van der Waals surface area contributed by atoms with Gasteiger partial charge in [-0.05, 0) is 24.6 Å². The predicted molar refractivity (Wildman–Crippen MR) is 56.8 cm³/mol. The van der Waals surface area contributed by atoms with E-state index in [-0.39, 0.29) is 18.2 Å². The van der Waals surface area contributed by atoms with Crippen molar-refractivity contribution in [2.24, 2.45) is 0 Å². The molecule has 1 unspecified atom stereocenters. The Bertz CT molecular complexity index is 321. The summed E-state index contributed by atoms with van der Waals surface area (Å²) in [6, 6.07) is 6.72. The summed E-state index contributed by atoms with van der Waals surface area (Å²) in [5.74, 6) is -0.918. The summed E-state index contributed by atoms with van der Waals surface area (Å²) in [6.45, 7) is 2.60. The van der Waals surface area contributed by atoms with E-state index in [2.05, 4.69) is 5.32 Å². The topological polar surface area (TPSA) is 69.6 Å². The number of aliphatic hydroxyl groups excluding tert-OH is 1. The molecule has 3 N–H and O–H groups in total. The number of carbonyl (C=O) groups is 1. The first-order valence-corrected chi connectivity index (χ1v) is 4.80. The zero-order valence-electron chi connectivity index (χ0n) is 8.60. The van der Waals surface area contributed by atoms with Gasteiger partial charge in [-0.3, -0.25) is 0 Å². The molecule has 0 amide bonds. The van der Waals surface area contributed by atoms with Gasteiger partial charge in [-0.15, -0.1) is 0 Å². The van der Waals surface area contributed by atoms with Gasteiger partial charge in [0.15, 0.2) is 0 Å². The highest BCUT2D eigenvalue weighted by molar-refractivity contribution is 5.87. The summed E-state index contributed by atoms with van der Waals surface area (Å²) in [6.07, 6.45) is 0. The minimum Gasteiger partial charge on any atom is -0.478 e. The van der Waals surface area contributed by atoms with E-state index in [1.54, 1.807) is 24.3 Å². The quantitative estimate of drug-likeness (QED) is 0.672. The highest BCUT2D eigenvalue weighted by atomic mass is 16.4. The van der Waals surface area contributed by atoms with E-state index in [0.29, 0.717) is 6.54 Å². The molecule has 1 rings (SSSR count). The van der Waals surface area contributed by atoms with Crippen LogP contribution in [0.25, 0.3) is 0 Å². The molecule has 4 heteroatoms. The Hall–Kier alpha value is -1.39. The maximum absolute atomic E-state index is 10.6. The van der Waals surface area contributed by atoms with E-state index in [9.17, 15) is 4.79 Å². The van der Waals surface area contributed by atoms with Crippen LogP contribution in [0.3, 0.4) is 0 Å². The molecule has 0 heterocycles. The fraction of sp³-hybridized carbons (Fsp3) is 0.364. The summed E-state index contributed by atoms with van der Waals surface area (Å²) in [5.41, 5.74) is 1.29. The molecule has 0 aromatic heterocycles. The highest BCUT2D eigenvalue weighted by Crippen LogP contribution is 2.04. The molecule has 1 atom stereocenters. The summed E-state index contributed by atoms with van der Waals surface area (Å²) in [5, 5.41) is 20.6. The number of nitrogens with one attached hydrogen (secondary N) is 1. The molecule has 1 aromatic rings. The van der Waals surface area contributed by atoms with Crippen LogP contribution in [0.4, 0.5) is 0 Å². The summed E-state index contributed by atoms with van der Waals surface area (Å²) < 4.78 is 0. The second-order valence-corrected chi connectivity index (χ2v) is 3.47. The first-order chi connectivity index (χ1) is 7.13. The first kappa shape index (κ1) is 11.7. The third kappa shape index (κ3) is 3.69. The van der Waals surface area contributed by atoms with Crippen LogP contribution in [-0.4, -0.2) is 28.8 Å². The normalized spacial score (nSPS) is 12.4. The van der Waals surface area contributed by atoms with Crippen molar-refractivity contribution in [2.75, 3.05) is 6.61 Å². The third-order valence-electron chi connectivity index (χ3n) is 2.13. The largest absolute Gasteiger partial charge is 0.478 e. The van der Waals surface area contributed by atoms with Gasteiger partial charge in [0.2, 0.25) is 0 Å². The van der Waals surface area contributed by atoms with Gasteiger partial charge in [0.05, 0.1) is 12.2 Å². The van der Waals surface area contributed by atoms with Crippen LogP contribution < -0.4 is 5.32 Å². The fourth-order valence-corrected chi connectivity index (χ4v) is 1.12. The van der Waals surface area contributed by atoms with Gasteiger partial charge in [0.25, 0.3) is 0 Å². The van der Waals surface area contributed by atoms with E-state index in [0.717, 1.165) is 5.56 Å². The van der Waals surface area contributed by atoms with Crippen molar-refractivity contribution in [3.8, 4) is 0 Å². The number of aliphatic hydroxyl groups is 1. The Morgan fingerprint density at radius 2 is 2.00 bits per heavy atom. The maximum Gasteiger partial charge on any atom is 0.335 e. The van der Waals surface area contributed by atoms with Crippen LogP contribution in [0, 0.1) is 0 Å². The number of carboxylic acids is 1. The number of benzene rings is 1. The molecule has 0 aliphatic rings. The highest BCUT2D eigenvalue weighted by Gasteiger charge is 2.02. The Morgan fingerprint density at radius 1 is 1.40 bits per heavy atom. The van der Waals surface area contributed by atoms with Crippen molar-refractivity contribution in [1.82, 2.24) is 5.32 Å². The van der Waals surface area contributed by atoms with Crippen LogP contribution in [0.5, 0.6) is 0 Å². The lowest BCUT2D eigenvalue weighted by Gasteiger charge is -2.10. The average Bonchev–Trinajstić information content (AvgIpc) is 2.26. The van der Waals surface area contributed by atoms with Gasteiger partial charge in [0.1, 0.15) is 0 Å². The SMILES string of the molecule is CC(CO)NCc1ccc(C(=O)O)cc1. The first-order valence-electron chi connectivity index (χ1n) is 4.80. The monoisotopic (exact) mass is 209 g/mol. The summed E-state index contributed by atoms with van der Waals surface area (Å²) in [4.78, 5) is 10.6. The molecule has 0 radical (unpaired) electrons. The molecule has 1 aromatic carbocycles. The fourth-order valence-electron chi connectivity index (χ4n) is 1.12. The molecular weight excluding hydrogens is 194 g/mol.